The Hall–Kier alpha value is -1.59. The van der Waals surface area contributed by atoms with Crippen molar-refractivity contribution < 1.29 is 19.7 Å². The molecule has 0 aromatic heterocycles. The Balaban J connectivity index is 3.63. The summed E-state index contributed by atoms with van der Waals surface area (Å²) in [4.78, 5) is 35.2. The fourth-order valence-electron chi connectivity index (χ4n) is 2.31. The second-order valence-corrected chi connectivity index (χ2v) is 6.58. The second kappa shape index (κ2) is 10.4. The first-order valence-electron chi connectivity index (χ1n) is 7.35. The molecule has 0 aliphatic rings. The lowest BCUT2D eigenvalue weighted by atomic mass is 10.0. The third-order valence-corrected chi connectivity index (χ3v) is 4.08. The molecule has 0 spiro atoms. The van der Waals surface area contributed by atoms with Gasteiger partial charge in [-0.25, -0.2) is 0 Å². The number of nitro benzene ring substituents is 2. The van der Waals surface area contributed by atoms with Crippen LogP contribution in [0.5, 0.6) is 0 Å². The van der Waals surface area contributed by atoms with Crippen molar-refractivity contribution in [2.75, 3.05) is 35.3 Å². The highest BCUT2D eigenvalue weighted by Gasteiger charge is 2.30. The Kier molecular flexibility index (Phi) is 8.93. The van der Waals surface area contributed by atoms with Gasteiger partial charge in [0.1, 0.15) is 5.69 Å². The summed E-state index contributed by atoms with van der Waals surface area (Å²) in [6.07, 6.45) is 0.115. The Morgan fingerprint density at radius 3 is 2.16 bits per heavy atom. The molecular weight excluding hydrogens is 466 g/mol. The van der Waals surface area contributed by atoms with Crippen LogP contribution in [-0.4, -0.2) is 51.1 Å². The van der Waals surface area contributed by atoms with Gasteiger partial charge in [0, 0.05) is 42.8 Å². The minimum absolute atomic E-state index is 0.0573. The molecule has 25 heavy (non-hydrogen) atoms. The minimum Gasteiger partial charge on any atom is -0.396 e. The van der Waals surface area contributed by atoms with Crippen LogP contribution in [0.3, 0.4) is 0 Å². The maximum Gasteiger partial charge on any atom is 0.300 e. The summed E-state index contributed by atoms with van der Waals surface area (Å²) in [5.74, 6) is -0.481. The number of ketones is 1. The van der Waals surface area contributed by atoms with E-state index in [9.17, 15) is 25.0 Å². The number of aliphatic hydroxyl groups excluding tert-OH is 1. The predicted octanol–water partition coefficient (Wildman–Crippen LogP) is 3.05. The third kappa shape index (κ3) is 5.72. The second-order valence-electron chi connectivity index (χ2n) is 4.99. The molecule has 1 aromatic rings. The third-order valence-electron chi connectivity index (χ3n) is 3.37. The van der Waals surface area contributed by atoms with Crippen LogP contribution in [0, 0.1) is 20.2 Å². The number of nitrogens with zero attached hydrogens (tertiary/aromatic N) is 3. The van der Waals surface area contributed by atoms with Crippen LogP contribution in [0.4, 0.5) is 17.1 Å². The van der Waals surface area contributed by atoms with Crippen molar-refractivity contribution in [1.29, 1.82) is 0 Å². The number of non-ortho nitro benzene ring substituents is 1. The number of carbonyl (C=O) groups excluding carboxylic acids is 1. The summed E-state index contributed by atoms with van der Waals surface area (Å²) in [6, 6.07) is 1.94. The van der Waals surface area contributed by atoms with Crippen LogP contribution >= 0.6 is 31.9 Å². The van der Waals surface area contributed by atoms with Gasteiger partial charge in [-0.3, -0.25) is 25.0 Å². The number of nitro groups is 2. The van der Waals surface area contributed by atoms with E-state index in [2.05, 4.69) is 31.9 Å². The Morgan fingerprint density at radius 1 is 1.12 bits per heavy atom. The van der Waals surface area contributed by atoms with Gasteiger partial charge >= 0.3 is 0 Å². The fraction of sp³-hybridized carbons (Fsp3) is 0.500. The lowest BCUT2D eigenvalue weighted by Crippen LogP contribution is -2.30. The summed E-state index contributed by atoms with van der Waals surface area (Å²) in [5, 5.41) is 32.5. The lowest BCUT2D eigenvalue weighted by molar-refractivity contribution is -0.393. The monoisotopic (exact) mass is 481 g/mol. The van der Waals surface area contributed by atoms with Crippen molar-refractivity contribution >= 4 is 54.7 Å². The number of alkyl halides is 2. The molecule has 0 unspecified atom stereocenters. The van der Waals surface area contributed by atoms with Crippen LogP contribution in [0.1, 0.15) is 23.2 Å². The number of halogens is 2. The molecule has 1 N–H and O–H groups in total. The molecule has 0 atom stereocenters. The molecule has 0 aliphatic heterocycles. The number of carbonyl (C=O) groups is 1. The number of Topliss-reactive ketones (excluding diaryl/α,β-unsaturated/α-hetero) is 1. The summed E-state index contributed by atoms with van der Waals surface area (Å²) in [5.41, 5.74) is -1.00. The van der Waals surface area contributed by atoms with Gasteiger partial charge in [0.2, 0.25) is 0 Å². The summed E-state index contributed by atoms with van der Waals surface area (Å²) in [7, 11) is 0. The van der Waals surface area contributed by atoms with Gasteiger partial charge in [-0.1, -0.05) is 31.9 Å². The minimum atomic E-state index is -0.765. The first kappa shape index (κ1) is 21.5. The largest absolute Gasteiger partial charge is 0.396 e. The molecule has 0 fully saturated rings. The topological polar surface area (TPSA) is 127 Å². The van der Waals surface area contributed by atoms with Crippen molar-refractivity contribution in [2.24, 2.45) is 0 Å². The van der Waals surface area contributed by atoms with Crippen LogP contribution in [-0.2, 0) is 0 Å². The van der Waals surface area contributed by atoms with Crippen LogP contribution in [0.25, 0.3) is 0 Å². The molecule has 9 nitrogen and oxygen atoms in total. The van der Waals surface area contributed by atoms with E-state index in [1.165, 1.54) is 0 Å². The first-order chi connectivity index (χ1) is 11.9. The van der Waals surface area contributed by atoms with Crippen molar-refractivity contribution in [2.45, 2.75) is 12.8 Å². The zero-order chi connectivity index (χ0) is 19.0. The maximum absolute atomic E-state index is 12.5. The van der Waals surface area contributed by atoms with E-state index in [0.717, 1.165) is 12.1 Å². The molecule has 0 heterocycles. The van der Waals surface area contributed by atoms with Gasteiger partial charge in [0.05, 0.1) is 21.5 Å². The van der Waals surface area contributed by atoms with Gasteiger partial charge in [-0.2, -0.15) is 0 Å². The SMILES string of the molecule is O=C(CCCO)c1cc([N+](=O)[O-])cc([N+](=O)[O-])c1N(CCBr)CCBr. The van der Waals surface area contributed by atoms with E-state index in [-0.39, 0.29) is 30.7 Å². The van der Waals surface area contributed by atoms with Gasteiger partial charge in [0.25, 0.3) is 11.4 Å². The molecule has 0 bridgehead atoms. The number of hydrogen-bond donors (Lipinski definition) is 1. The molecular formula is C14H17Br2N3O6. The van der Waals surface area contributed by atoms with Crippen LogP contribution in [0.15, 0.2) is 12.1 Å². The molecule has 0 aliphatic carbocycles. The number of aliphatic hydroxyl groups is 1. The average molecular weight is 483 g/mol. The highest BCUT2D eigenvalue weighted by molar-refractivity contribution is 9.09. The smallest absolute Gasteiger partial charge is 0.300 e. The van der Waals surface area contributed by atoms with E-state index in [1.54, 1.807) is 4.90 Å². The number of benzene rings is 1. The number of hydrogen-bond acceptors (Lipinski definition) is 7. The standard InChI is InChI=1S/C14H17Br2N3O6/c15-3-5-17(6-4-16)14-11(13(21)2-1-7-20)8-10(18(22)23)9-12(14)19(24)25/h8-9,20H,1-7H2. The average Bonchev–Trinajstić information content (AvgIpc) is 2.58. The molecule has 138 valence electrons. The summed E-state index contributed by atoms with van der Waals surface area (Å²) < 4.78 is 0. The quantitative estimate of drug-likeness (QED) is 0.222. The van der Waals surface area contributed by atoms with Crippen LogP contribution in [0.2, 0.25) is 0 Å². The van der Waals surface area contributed by atoms with E-state index in [1.807, 2.05) is 0 Å². The van der Waals surface area contributed by atoms with E-state index in [0.29, 0.717) is 23.7 Å². The molecule has 1 rings (SSSR count). The van der Waals surface area contributed by atoms with Crippen molar-refractivity contribution in [1.82, 2.24) is 0 Å². The van der Waals surface area contributed by atoms with Crippen molar-refractivity contribution in [3.8, 4) is 0 Å². The number of anilines is 1. The molecule has 0 saturated heterocycles. The zero-order valence-electron chi connectivity index (χ0n) is 13.2. The van der Waals surface area contributed by atoms with E-state index >= 15 is 0 Å². The Morgan fingerprint density at radius 2 is 1.72 bits per heavy atom. The molecule has 0 saturated carbocycles. The Bertz CT molecular complexity index is 650. The summed E-state index contributed by atoms with van der Waals surface area (Å²) >= 11 is 6.53. The first-order valence-corrected chi connectivity index (χ1v) is 9.59. The predicted molar refractivity (Wildman–Crippen MR) is 100 cm³/mol. The van der Waals surface area contributed by atoms with E-state index in [4.69, 9.17) is 5.11 Å². The normalized spacial score (nSPS) is 10.5. The Labute approximate surface area is 160 Å². The highest BCUT2D eigenvalue weighted by atomic mass is 79.9. The van der Waals surface area contributed by atoms with Gasteiger partial charge in [-0.05, 0) is 6.42 Å². The summed E-state index contributed by atoms with van der Waals surface area (Å²) in [6.45, 7) is 0.541. The molecule has 0 amide bonds. The molecule has 0 radical (unpaired) electrons. The maximum atomic E-state index is 12.5. The van der Waals surface area contributed by atoms with Gasteiger partial charge in [0.15, 0.2) is 5.78 Å². The van der Waals surface area contributed by atoms with Crippen LogP contribution < -0.4 is 4.90 Å². The molecule has 11 heteroatoms. The van der Waals surface area contributed by atoms with Crippen molar-refractivity contribution in [3.05, 3.63) is 37.9 Å². The van der Waals surface area contributed by atoms with Crippen molar-refractivity contribution in [3.63, 3.8) is 0 Å². The zero-order valence-corrected chi connectivity index (χ0v) is 16.4. The molecule has 1 aromatic carbocycles. The van der Waals surface area contributed by atoms with E-state index < -0.39 is 27.0 Å². The highest BCUT2D eigenvalue weighted by Crippen LogP contribution is 2.37. The van der Waals surface area contributed by atoms with Gasteiger partial charge in [-0.15, -0.1) is 0 Å². The van der Waals surface area contributed by atoms with Gasteiger partial charge < -0.3 is 10.0 Å². The lowest BCUT2D eigenvalue weighted by Gasteiger charge is -2.25. The number of rotatable bonds is 11. The fourth-order valence-corrected chi connectivity index (χ4v) is 3.16.